The van der Waals surface area contributed by atoms with E-state index in [2.05, 4.69) is 10.3 Å². The molecule has 0 radical (unpaired) electrons. The topological polar surface area (TPSA) is 97.5 Å². The molecule has 0 spiro atoms. The lowest BCUT2D eigenvalue weighted by Gasteiger charge is -2.15. The van der Waals surface area contributed by atoms with Crippen molar-refractivity contribution in [2.24, 2.45) is 0 Å². The van der Waals surface area contributed by atoms with E-state index in [9.17, 15) is 14.4 Å². The number of aryl methyl sites for hydroxylation is 1. The van der Waals surface area contributed by atoms with Crippen LogP contribution in [0.5, 0.6) is 5.75 Å². The van der Waals surface area contributed by atoms with E-state index in [0.717, 1.165) is 0 Å². The van der Waals surface area contributed by atoms with Gasteiger partial charge in [-0.3, -0.25) is 9.59 Å². The van der Waals surface area contributed by atoms with E-state index >= 15 is 0 Å². The minimum absolute atomic E-state index is 0.140. The lowest BCUT2D eigenvalue weighted by molar-refractivity contribution is -0.123. The Hall–Kier alpha value is -3.09. The molecule has 1 aromatic heterocycles. The summed E-state index contributed by atoms with van der Waals surface area (Å²) in [6, 6.07) is 7.01. The summed E-state index contributed by atoms with van der Waals surface area (Å²) in [4.78, 5) is 39.4. The number of esters is 1. The minimum Gasteiger partial charge on any atom is -0.492 e. The van der Waals surface area contributed by atoms with Crippen LogP contribution in [0.1, 0.15) is 52.9 Å². The van der Waals surface area contributed by atoms with Crippen LogP contribution in [0.25, 0.3) is 0 Å². The molecule has 144 valence electrons. The van der Waals surface area contributed by atoms with Gasteiger partial charge in [0, 0.05) is 11.3 Å². The third-order valence-corrected chi connectivity index (χ3v) is 4.09. The van der Waals surface area contributed by atoms with E-state index in [-0.39, 0.29) is 11.5 Å². The lowest BCUT2D eigenvalue weighted by Crippen LogP contribution is -2.30. The number of nitrogens with one attached hydrogen (secondary N) is 2. The van der Waals surface area contributed by atoms with E-state index in [1.165, 1.54) is 13.8 Å². The van der Waals surface area contributed by atoms with Gasteiger partial charge in [0.15, 0.2) is 11.9 Å². The Balaban J connectivity index is 2.10. The van der Waals surface area contributed by atoms with Gasteiger partial charge in [0.1, 0.15) is 11.4 Å². The first-order chi connectivity index (χ1) is 12.8. The predicted molar refractivity (Wildman–Crippen MR) is 101 cm³/mol. The first kappa shape index (κ1) is 20.2. The summed E-state index contributed by atoms with van der Waals surface area (Å²) in [5.74, 6) is -0.778. The molecule has 0 aliphatic rings. The second kappa shape index (κ2) is 8.53. The van der Waals surface area contributed by atoms with Crippen molar-refractivity contribution in [3.8, 4) is 5.75 Å². The predicted octanol–water partition coefficient (Wildman–Crippen LogP) is 3.42. The molecule has 7 nitrogen and oxygen atoms in total. The van der Waals surface area contributed by atoms with Gasteiger partial charge < -0.3 is 19.8 Å². The van der Waals surface area contributed by atoms with E-state index in [1.807, 2.05) is 6.92 Å². The quantitative estimate of drug-likeness (QED) is 0.573. The first-order valence-electron chi connectivity index (χ1n) is 8.70. The zero-order valence-corrected chi connectivity index (χ0v) is 16.1. The number of hydrogen-bond acceptors (Lipinski definition) is 5. The SMILES string of the molecule is CCOc1ccccc1NC(=O)[C@H](C)OC(=O)c1[nH]c(C)c(C(C)=O)c1C. The third-order valence-electron chi connectivity index (χ3n) is 4.09. The Bertz CT molecular complexity index is 869. The zero-order chi connectivity index (χ0) is 20.1. The highest BCUT2D eigenvalue weighted by Gasteiger charge is 2.25. The Morgan fingerprint density at radius 1 is 1.19 bits per heavy atom. The number of para-hydroxylation sites is 2. The van der Waals surface area contributed by atoms with Crippen LogP contribution in [-0.2, 0) is 9.53 Å². The molecule has 7 heteroatoms. The van der Waals surface area contributed by atoms with Crippen molar-refractivity contribution in [3.63, 3.8) is 0 Å². The number of amides is 1. The van der Waals surface area contributed by atoms with Crippen molar-refractivity contribution in [2.45, 2.75) is 40.7 Å². The summed E-state index contributed by atoms with van der Waals surface area (Å²) < 4.78 is 10.7. The van der Waals surface area contributed by atoms with Crippen LogP contribution < -0.4 is 10.1 Å². The number of ether oxygens (including phenoxy) is 2. The van der Waals surface area contributed by atoms with Crippen LogP contribution >= 0.6 is 0 Å². The molecule has 0 bridgehead atoms. The van der Waals surface area contributed by atoms with Crippen LogP contribution in [0.4, 0.5) is 5.69 Å². The van der Waals surface area contributed by atoms with Crippen molar-refractivity contribution in [3.05, 3.63) is 46.8 Å². The molecule has 2 aromatic rings. The maximum atomic E-state index is 12.4. The number of rotatable bonds is 7. The van der Waals surface area contributed by atoms with Gasteiger partial charge in [0.2, 0.25) is 0 Å². The van der Waals surface area contributed by atoms with Gasteiger partial charge in [0.05, 0.1) is 12.3 Å². The number of H-pyrrole nitrogens is 1. The van der Waals surface area contributed by atoms with Gasteiger partial charge in [-0.2, -0.15) is 0 Å². The molecule has 1 amide bonds. The van der Waals surface area contributed by atoms with Gasteiger partial charge in [-0.1, -0.05) is 12.1 Å². The van der Waals surface area contributed by atoms with E-state index < -0.39 is 18.0 Å². The first-order valence-corrected chi connectivity index (χ1v) is 8.70. The van der Waals surface area contributed by atoms with Crippen molar-refractivity contribution in [1.29, 1.82) is 0 Å². The van der Waals surface area contributed by atoms with Crippen LogP contribution in [0.2, 0.25) is 0 Å². The Kier molecular flexibility index (Phi) is 6.39. The standard InChI is InChI=1S/C20H24N2O5/c1-6-26-16-10-8-7-9-15(16)22-19(24)14(5)27-20(25)18-11(2)17(13(4)23)12(3)21-18/h7-10,14,21H,6H2,1-5H3,(H,22,24)/t14-/m0/s1. The highest BCUT2D eigenvalue weighted by molar-refractivity contribution is 6.02. The molecule has 0 saturated carbocycles. The molecule has 1 heterocycles. The van der Waals surface area contributed by atoms with Crippen molar-refractivity contribution >= 4 is 23.3 Å². The van der Waals surface area contributed by atoms with E-state index in [4.69, 9.17) is 9.47 Å². The average molecular weight is 372 g/mol. The average Bonchev–Trinajstić information content (AvgIpc) is 2.91. The second-order valence-corrected chi connectivity index (χ2v) is 6.15. The van der Waals surface area contributed by atoms with E-state index in [1.54, 1.807) is 38.1 Å². The highest BCUT2D eigenvalue weighted by Crippen LogP contribution is 2.24. The molecular weight excluding hydrogens is 348 g/mol. The van der Waals surface area contributed by atoms with Crippen LogP contribution in [0, 0.1) is 13.8 Å². The summed E-state index contributed by atoms with van der Waals surface area (Å²) in [6.45, 7) is 8.60. The smallest absolute Gasteiger partial charge is 0.355 e. The highest BCUT2D eigenvalue weighted by atomic mass is 16.5. The Morgan fingerprint density at radius 2 is 1.85 bits per heavy atom. The molecule has 1 atom stereocenters. The van der Waals surface area contributed by atoms with Crippen molar-refractivity contribution in [2.75, 3.05) is 11.9 Å². The number of benzene rings is 1. The third kappa shape index (κ3) is 4.55. The number of hydrogen-bond donors (Lipinski definition) is 2. The zero-order valence-electron chi connectivity index (χ0n) is 16.1. The number of aromatic nitrogens is 1. The summed E-state index contributed by atoms with van der Waals surface area (Å²) >= 11 is 0. The summed E-state index contributed by atoms with van der Waals surface area (Å²) in [5, 5.41) is 2.70. The van der Waals surface area contributed by atoms with Crippen LogP contribution in [0.3, 0.4) is 0 Å². The lowest BCUT2D eigenvalue weighted by atomic mass is 10.1. The summed E-state index contributed by atoms with van der Waals surface area (Å²) in [7, 11) is 0. The maximum absolute atomic E-state index is 12.4. The fraction of sp³-hybridized carbons (Fsp3) is 0.350. The molecule has 0 aliphatic carbocycles. The molecule has 2 rings (SSSR count). The Labute approximate surface area is 158 Å². The normalized spacial score (nSPS) is 11.6. The number of anilines is 1. The van der Waals surface area contributed by atoms with Crippen molar-refractivity contribution in [1.82, 2.24) is 4.98 Å². The van der Waals surface area contributed by atoms with Crippen molar-refractivity contribution < 1.29 is 23.9 Å². The fourth-order valence-corrected chi connectivity index (χ4v) is 2.84. The molecule has 0 unspecified atom stereocenters. The summed E-state index contributed by atoms with van der Waals surface area (Å²) in [6.07, 6.45) is -1.03. The number of carbonyl (C=O) groups is 3. The number of aromatic amines is 1. The summed E-state index contributed by atoms with van der Waals surface area (Å²) in [5.41, 5.74) is 2.24. The molecule has 1 aromatic carbocycles. The van der Waals surface area contributed by atoms with Crippen LogP contribution in [-0.4, -0.2) is 35.4 Å². The van der Waals surface area contributed by atoms with Gasteiger partial charge in [-0.25, -0.2) is 4.79 Å². The number of Topliss-reactive ketones (excluding diaryl/α,β-unsaturated/α-hetero) is 1. The second-order valence-electron chi connectivity index (χ2n) is 6.15. The molecule has 0 saturated heterocycles. The van der Waals surface area contributed by atoms with E-state index in [0.29, 0.717) is 34.9 Å². The molecule has 2 N–H and O–H groups in total. The number of ketones is 1. The minimum atomic E-state index is -1.03. The Morgan fingerprint density at radius 3 is 2.44 bits per heavy atom. The maximum Gasteiger partial charge on any atom is 0.355 e. The van der Waals surface area contributed by atoms with Gasteiger partial charge in [0.25, 0.3) is 5.91 Å². The van der Waals surface area contributed by atoms with Gasteiger partial charge >= 0.3 is 5.97 Å². The molecular formula is C20H24N2O5. The molecule has 27 heavy (non-hydrogen) atoms. The molecule has 0 fully saturated rings. The number of carbonyl (C=O) groups excluding carboxylic acids is 3. The largest absolute Gasteiger partial charge is 0.492 e. The van der Waals surface area contributed by atoms with Crippen LogP contribution in [0.15, 0.2) is 24.3 Å². The molecule has 0 aliphatic heterocycles. The van der Waals surface area contributed by atoms with Gasteiger partial charge in [-0.05, 0) is 52.3 Å². The monoisotopic (exact) mass is 372 g/mol. The fourth-order valence-electron chi connectivity index (χ4n) is 2.84. The van der Waals surface area contributed by atoms with Gasteiger partial charge in [-0.15, -0.1) is 0 Å².